The maximum absolute atomic E-state index is 5.90. The first kappa shape index (κ1) is 12.1. The molecule has 0 atom stereocenters. The van der Waals surface area contributed by atoms with Crippen LogP contribution in [0.5, 0.6) is 0 Å². The minimum Gasteiger partial charge on any atom is -0.383 e. The average Bonchev–Trinajstić information content (AvgIpc) is 2.14. The van der Waals surface area contributed by atoms with Crippen molar-refractivity contribution in [3.8, 4) is 0 Å². The molecule has 1 rings (SSSR count). The topological polar surface area (TPSA) is 38.0 Å². The summed E-state index contributed by atoms with van der Waals surface area (Å²) in [6, 6.07) is 8.55. The Hall–Kier alpha value is -1.02. The zero-order valence-electron chi connectivity index (χ0n) is 10.2. The summed E-state index contributed by atoms with van der Waals surface area (Å²) < 4.78 is 0. The fourth-order valence-corrected chi connectivity index (χ4v) is 1.32. The molecular weight excluding hydrogens is 184 g/mol. The molecule has 0 radical (unpaired) electrons. The largest absolute Gasteiger partial charge is 0.383 e. The van der Waals surface area contributed by atoms with Crippen molar-refractivity contribution in [1.29, 1.82) is 0 Å². The molecule has 0 unspecified atom stereocenters. The van der Waals surface area contributed by atoms with Gasteiger partial charge in [0.25, 0.3) is 0 Å². The van der Waals surface area contributed by atoms with E-state index in [1.54, 1.807) is 0 Å². The standard InChI is InChI=1S/C13H22N2/c1-10(2)11-5-7-12(8-6-11)15-9-13(3,4)14/h5-8,10,15H,9,14H2,1-4H3. The van der Waals surface area contributed by atoms with E-state index in [0.29, 0.717) is 5.92 Å². The van der Waals surface area contributed by atoms with Crippen LogP contribution in [0.2, 0.25) is 0 Å². The molecule has 0 spiro atoms. The van der Waals surface area contributed by atoms with Gasteiger partial charge in [0.2, 0.25) is 0 Å². The number of nitrogens with two attached hydrogens (primary N) is 1. The maximum atomic E-state index is 5.90. The summed E-state index contributed by atoms with van der Waals surface area (Å²) in [5, 5.41) is 3.33. The molecule has 0 fully saturated rings. The van der Waals surface area contributed by atoms with Gasteiger partial charge in [0.15, 0.2) is 0 Å². The van der Waals surface area contributed by atoms with Gasteiger partial charge in [0, 0.05) is 17.8 Å². The molecule has 0 bridgehead atoms. The number of benzene rings is 1. The van der Waals surface area contributed by atoms with Gasteiger partial charge >= 0.3 is 0 Å². The lowest BCUT2D eigenvalue weighted by Crippen LogP contribution is -2.39. The van der Waals surface area contributed by atoms with Crippen LogP contribution < -0.4 is 11.1 Å². The van der Waals surface area contributed by atoms with E-state index in [4.69, 9.17) is 5.73 Å². The summed E-state index contributed by atoms with van der Waals surface area (Å²) in [7, 11) is 0. The maximum Gasteiger partial charge on any atom is 0.0340 e. The van der Waals surface area contributed by atoms with Crippen molar-refractivity contribution in [2.45, 2.75) is 39.2 Å². The van der Waals surface area contributed by atoms with Crippen LogP contribution in [-0.4, -0.2) is 12.1 Å². The number of anilines is 1. The van der Waals surface area contributed by atoms with E-state index in [1.165, 1.54) is 5.56 Å². The smallest absolute Gasteiger partial charge is 0.0340 e. The lowest BCUT2D eigenvalue weighted by atomic mass is 10.0. The molecule has 0 saturated carbocycles. The number of rotatable bonds is 4. The summed E-state index contributed by atoms with van der Waals surface area (Å²) in [4.78, 5) is 0. The summed E-state index contributed by atoms with van der Waals surface area (Å²) in [5.41, 5.74) is 8.23. The first-order valence-electron chi connectivity index (χ1n) is 5.51. The van der Waals surface area contributed by atoms with E-state index in [0.717, 1.165) is 12.2 Å². The van der Waals surface area contributed by atoms with Gasteiger partial charge in [-0.15, -0.1) is 0 Å². The number of hydrogen-bond donors (Lipinski definition) is 2. The van der Waals surface area contributed by atoms with Crippen LogP contribution in [0, 0.1) is 0 Å². The van der Waals surface area contributed by atoms with Crippen molar-refractivity contribution in [1.82, 2.24) is 0 Å². The monoisotopic (exact) mass is 206 g/mol. The molecule has 0 aliphatic rings. The van der Waals surface area contributed by atoms with Gasteiger partial charge in [0.1, 0.15) is 0 Å². The molecule has 0 heterocycles. The van der Waals surface area contributed by atoms with Crippen LogP contribution in [0.1, 0.15) is 39.2 Å². The Balaban J connectivity index is 2.57. The SMILES string of the molecule is CC(C)c1ccc(NCC(C)(C)N)cc1. The van der Waals surface area contributed by atoms with Crippen LogP contribution in [0.3, 0.4) is 0 Å². The highest BCUT2D eigenvalue weighted by atomic mass is 14.9. The van der Waals surface area contributed by atoms with Crippen molar-refractivity contribution in [3.63, 3.8) is 0 Å². The Morgan fingerprint density at radius 2 is 1.73 bits per heavy atom. The summed E-state index contributed by atoms with van der Waals surface area (Å²) in [6.45, 7) is 9.22. The van der Waals surface area contributed by atoms with Gasteiger partial charge in [-0.3, -0.25) is 0 Å². The Labute approximate surface area is 92.9 Å². The van der Waals surface area contributed by atoms with Crippen LogP contribution in [-0.2, 0) is 0 Å². The van der Waals surface area contributed by atoms with Crippen LogP contribution >= 0.6 is 0 Å². The van der Waals surface area contributed by atoms with Gasteiger partial charge in [-0.05, 0) is 37.5 Å². The van der Waals surface area contributed by atoms with Crippen molar-refractivity contribution in [3.05, 3.63) is 29.8 Å². The second-order valence-electron chi connectivity index (χ2n) is 5.12. The van der Waals surface area contributed by atoms with Crippen molar-refractivity contribution >= 4 is 5.69 Å². The second kappa shape index (κ2) is 4.67. The first-order chi connectivity index (χ1) is 6.88. The fourth-order valence-electron chi connectivity index (χ4n) is 1.32. The number of hydrogen-bond acceptors (Lipinski definition) is 2. The molecule has 1 aromatic rings. The molecular formula is C13H22N2. The average molecular weight is 206 g/mol. The number of nitrogens with one attached hydrogen (secondary N) is 1. The minimum atomic E-state index is -0.170. The molecule has 0 aromatic heterocycles. The zero-order valence-corrected chi connectivity index (χ0v) is 10.2. The quantitative estimate of drug-likeness (QED) is 0.795. The van der Waals surface area contributed by atoms with Crippen LogP contribution in [0.25, 0.3) is 0 Å². The third-order valence-corrected chi connectivity index (χ3v) is 2.33. The first-order valence-corrected chi connectivity index (χ1v) is 5.51. The third kappa shape index (κ3) is 4.34. The molecule has 0 aliphatic carbocycles. The molecule has 0 aliphatic heterocycles. The fraction of sp³-hybridized carbons (Fsp3) is 0.538. The molecule has 0 saturated heterocycles. The highest BCUT2D eigenvalue weighted by Crippen LogP contribution is 2.17. The molecule has 84 valence electrons. The molecule has 2 heteroatoms. The Morgan fingerprint density at radius 3 is 2.13 bits per heavy atom. The molecule has 3 N–H and O–H groups in total. The van der Waals surface area contributed by atoms with E-state index in [1.807, 2.05) is 13.8 Å². The van der Waals surface area contributed by atoms with Crippen molar-refractivity contribution in [2.75, 3.05) is 11.9 Å². The summed E-state index contributed by atoms with van der Waals surface area (Å²) >= 11 is 0. The van der Waals surface area contributed by atoms with E-state index < -0.39 is 0 Å². The second-order valence-corrected chi connectivity index (χ2v) is 5.12. The van der Waals surface area contributed by atoms with Gasteiger partial charge in [-0.25, -0.2) is 0 Å². The molecule has 0 amide bonds. The Morgan fingerprint density at radius 1 is 1.20 bits per heavy atom. The highest BCUT2D eigenvalue weighted by Gasteiger charge is 2.09. The van der Waals surface area contributed by atoms with E-state index in [9.17, 15) is 0 Å². The third-order valence-electron chi connectivity index (χ3n) is 2.33. The lowest BCUT2D eigenvalue weighted by Gasteiger charge is -2.20. The minimum absolute atomic E-state index is 0.170. The molecule has 2 nitrogen and oxygen atoms in total. The van der Waals surface area contributed by atoms with E-state index >= 15 is 0 Å². The van der Waals surface area contributed by atoms with E-state index in [2.05, 4.69) is 43.4 Å². The van der Waals surface area contributed by atoms with Gasteiger partial charge in [0.05, 0.1) is 0 Å². The van der Waals surface area contributed by atoms with Gasteiger partial charge in [-0.1, -0.05) is 26.0 Å². The Bertz CT molecular complexity index is 293. The highest BCUT2D eigenvalue weighted by molar-refractivity contribution is 5.45. The zero-order chi connectivity index (χ0) is 11.5. The predicted octanol–water partition coefficient (Wildman–Crippen LogP) is 2.96. The van der Waals surface area contributed by atoms with Gasteiger partial charge < -0.3 is 11.1 Å². The summed E-state index contributed by atoms with van der Waals surface area (Å²) in [5.74, 6) is 0.588. The lowest BCUT2D eigenvalue weighted by molar-refractivity contribution is 0.549. The van der Waals surface area contributed by atoms with Crippen molar-refractivity contribution in [2.24, 2.45) is 5.73 Å². The predicted molar refractivity (Wildman–Crippen MR) is 67.3 cm³/mol. The van der Waals surface area contributed by atoms with Crippen LogP contribution in [0.15, 0.2) is 24.3 Å². The van der Waals surface area contributed by atoms with Crippen molar-refractivity contribution < 1.29 is 0 Å². The van der Waals surface area contributed by atoms with Gasteiger partial charge in [-0.2, -0.15) is 0 Å². The normalized spacial score (nSPS) is 11.9. The molecule has 15 heavy (non-hydrogen) atoms. The van der Waals surface area contributed by atoms with E-state index in [-0.39, 0.29) is 5.54 Å². The molecule has 1 aromatic carbocycles. The summed E-state index contributed by atoms with van der Waals surface area (Å²) in [6.07, 6.45) is 0. The van der Waals surface area contributed by atoms with Crippen LogP contribution in [0.4, 0.5) is 5.69 Å². The Kier molecular flexibility index (Phi) is 3.75.